The molecule has 0 aliphatic carbocycles. The smallest absolute Gasteiger partial charge is 0.0713 e. The van der Waals surface area contributed by atoms with Gasteiger partial charge < -0.3 is 14.8 Å². The number of hydrogen-bond acceptors (Lipinski definition) is 4. The second-order valence-electron chi connectivity index (χ2n) is 6.27. The Hall–Kier alpha value is -0.940. The van der Waals surface area contributed by atoms with E-state index in [9.17, 15) is 0 Å². The fourth-order valence-corrected chi connectivity index (χ4v) is 2.79. The van der Waals surface area contributed by atoms with Crippen molar-refractivity contribution in [3.05, 3.63) is 35.4 Å². The molecular weight excluding hydrogens is 264 g/mol. The van der Waals surface area contributed by atoms with Crippen LogP contribution in [0, 0.1) is 0 Å². The Morgan fingerprint density at radius 1 is 1.24 bits per heavy atom. The van der Waals surface area contributed by atoms with Crippen LogP contribution in [0.2, 0.25) is 0 Å². The van der Waals surface area contributed by atoms with Crippen molar-refractivity contribution in [3.63, 3.8) is 0 Å². The average Bonchev–Trinajstić information content (AvgIpc) is 2.49. The molecule has 0 unspecified atom stereocenters. The molecule has 0 spiro atoms. The number of hydrogen-bond donors (Lipinski definition) is 1. The Bertz CT molecular complexity index is 429. The molecule has 4 nitrogen and oxygen atoms in total. The molecule has 0 aromatic heterocycles. The number of rotatable bonds is 7. The first-order valence-corrected chi connectivity index (χ1v) is 7.72. The molecule has 1 aliphatic rings. The van der Waals surface area contributed by atoms with Crippen molar-refractivity contribution < 1.29 is 9.47 Å². The first-order valence-electron chi connectivity index (χ1n) is 7.72. The van der Waals surface area contributed by atoms with Crippen LogP contribution < -0.4 is 5.32 Å². The van der Waals surface area contributed by atoms with Gasteiger partial charge in [0.05, 0.1) is 19.8 Å². The van der Waals surface area contributed by atoms with E-state index in [1.54, 1.807) is 7.11 Å². The highest BCUT2D eigenvalue weighted by atomic mass is 16.5. The van der Waals surface area contributed by atoms with Crippen LogP contribution in [0.25, 0.3) is 0 Å². The average molecular weight is 292 g/mol. The van der Waals surface area contributed by atoms with Gasteiger partial charge in [0.1, 0.15) is 0 Å². The van der Waals surface area contributed by atoms with Crippen molar-refractivity contribution in [1.82, 2.24) is 10.2 Å². The summed E-state index contributed by atoms with van der Waals surface area (Å²) in [6.07, 6.45) is 0. The van der Waals surface area contributed by atoms with Crippen molar-refractivity contribution in [2.45, 2.75) is 32.5 Å². The van der Waals surface area contributed by atoms with Crippen molar-refractivity contribution in [2.75, 3.05) is 40.0 Å². The third-order valence-electron chi connectivity index (χ3n) is 4.06. The molecule has 0 amide bonds. The van der Waals surface area contributed by atoms with Gasteiger partial charge in [-0.15, -0.1) is 0 Å². The van der Waals surface area contributed by atoms with Gasteiger partial charge in [0.15, 0.2) is 0 Å². The molecule has 2 rings (SSSR count). The number of morpholine rings is 1. The summed E-state index contributed by atoms with van der Waals surface area (Å²) in [7, 11) is 1.73. The second-order valence-corrected chi connectivity index (χ2v) is 6.27. The Balaban J connectivity index is 1.81. The van der Waals surface area contributed by atoms with E-state index in [0.29, 0.717) is 6.61 Å². The van der Waals surface area contributed by atoms with E-state index in [2.05, 4.69) is 48.3 Å². The van der Waals surface area contributed by atoms with Gasteiger partial charge in [-0.3, -0.25) is 4.90 Å². The number of ether oxygens (including phenoxy) is 2. The standard InChI is InChI=1S/C17H28N2O2/c1-17(2,19-7-9-21-10-8-19)14-18-12-15-5-4-6-16(11-15)13-20-3/h4-6,11,18H,7-10,12-14H2,1-3H3. The van der Waals surface area contributed by atoms with Gasteiger partial charge in [-0.25, -0.2) is 0 Å². The van der Waals surface area contributed by atoms with Crippen LogP contribution in [0.15, 0.2) is 24.3 Å². The van der Waals surface area contributed by atoms with Gasteiger partial charge in [0.2, 0.25) is 0 Å². The lowest BCUT2D eigenvalue weighted by atomic mass is 10.0. The van der Waals surface area contributed by atoms with E-state index < -0.39 is 0 Å². The predicted octanol–water partition coefficient (Wildman–Crippen LogP) is 2.03. The summed E-state index contributed by atoms with van der Waals surface area (Å²) in [5.41, 5.74) is 2.69. The summed E-state index contributed by atoms with van der Waals surface area (Å²) in [4.78, 5) is 2.50. The molecule has 1 N–H and O–H groups in total. The summed E-state index contributed by atoms with van der Waals surface area (Å²) in [6.45, 7) is 10.9. The van der Waals surface area contributed by atoms with Gasteiger partial charge in [-0.05, 0) is 25.0 Å². The molecule has 0 atom stereocenters. The van der Waals surface area contributed by atoms with Gasteiger partial charge in [0.25, 0.3) is 0 Å². The zero-order chi connectivity index (χ0) is 15.1. The maximum absolute atomic E-state index is 5.43. The van der Waals surface area contributed by atoms with Crippen LogP contribution in [0.1, 0.15) is 25.0 Å². The molecule has 118 valence electrons. The summed E-state index contributed by atoms with van der Waals surface area (Å²) in [6, 6.07) is 8.56. The third-order valence-corrected chi connectivity index (χ3v) is 4.06. The topological polar surface area (TPSA) is 33.7 Å². The molecular formula is C17H28N2O2. The van der Waals surface area contributed by atoms with Gasteiger partial charge in [0, 0.05) is 38.8 Å². The SMILES string of the molecule is COCc1cccc(CNCC(C)(C)N2CCOCC2)c1. The summed E-state index contributed by atoms with van der Waals surface area (Å²) < 4.78 is 10.6. The normalized spacial score (nSPS) is 17.1. The van der Waals surface area contributed by atoms with Gasteiger partial charge in [-0.1, -0.05) is 24.3 Å². The van der Waals surface area contributed by atoms with Gasteiger partial charge >= 0.3 is 0 Å². The quantitative estimate of drug-likeness (QED) is 0.834. The first-order chi connectivity index (χ1) is 10.1. The fraction of sp³-hybridized carbons (Fsp3) is 0.647. The molecule has 1 heterocycles. The molecule has 21 heavy (non-hydrogen) atoms. The Morgan fingerprint density at radius 3 is 2.67 bits per heavy atom. The summed E-state index contributed by atoms with van der Waals surface area (Å²) in [5.74, 6) is 0. The molecule has 1 aromatic carbocycles. The fourth-order valence-electron chi connectivity index (χ4n) is 2.79. The van der Waals surface area contributed by atoms with Crippen LogP contribution in [0.3, 0.4) is 0 Å². The third kappa shape index (κ3) is 5.08. The van der Waals surface area contributed by atoms with Crippen molar-refractivity contribution in [2.24, 2.45) is 0 Å². The highest BCUT2D eigenvalue weighted by Gasteiger charge is 2.27. The van der Waals surface area contributed by atoms with Gasteiger partial charge in [-0.2, -0.15) is 0 Å². The van der Waals surface area contributed by atoms with Crippen molar-refractivity contribution in [3.8, 4) is 0 Å². The number of benzene rings is 1. The Morgan fingerprint density at radius 2 is 1.95 bits per heavy atom. The number of nitrogens with zero attached hydrogens (tertiary/aromatic N) is 1. The lowest BCUT2D eigenvalue weighted by Gasteiger charge is -2.41. The number of methoxy groups -OCH3 is 1. The van der Waals surface area contributed by atoms with Crippen LogP contribution in [0.5, 0.6) is 0 Å². The monoisotopic (exact) mass is 292 g/mol. The Kier molecular flexibility index (Phi) is 6.18. The molecule has 1 aromatic rings. The summed E-state index contributed by atoms with van der Waals surface area (Å²) >= 11 is 0. The molecule has 0 radical (unpaired) electrons. The minimum atomic E-state index is 0.161. The van der Waals surface area contributed by atoms with Crippen molar-refractivity contribution in [1.29, 1.82) is 0 Å². The largest absolute Gasteiger partial charge is 0.380 e. The van der Waals surface area contributed by atoms with Crippen LogP contribution >= 0.6 is 0 Å². The van der Waals surface area contributed by atoms with E-state index in [0.717, 1.165) is 39.4 Å². The van der Waals surface area contributed by atoms with E-state index in [1.165, 1.54) is 11.1 Å². The molecule has 4 heteroatoms. The van der Waals surface area contributed by atoms with Crippen LogP contribution in [-0.2, 0) is 22.6 Å². The van der Waals surface area contributed by atoms with Crippen molar-refractivity contribution >= 4 is 0 Å². The lowest BCUT2D eigenvalue weighted by Crippen LogP contribution is -2.54. The second kappa shape index (κ2) is 7.90. The maximum atomic E-state index is 5.43. The van der Waals surface area contributed by atoms with E-state index in [-0.39, 0.29) is 5.54 Å². The minimum Gasteiger partial charge on any atom is -0.380 e. The zero-order valence-electron chi connectivity index (χ0n) is 13.5. The van der Waals surface area contributed by atoms with E-state index in [4.69, 9.17) is 9.47 Å². The molecule has 1 fully saturated rings. The number of nitrogens with one attached hydrogen (secondary N) is 1. The van der Waals surface area contributed by atoms with Crippen LogP contribution in [-0.4, -0.2) is 50.4 Å². The predicted molar refractivity (Wildman–Crippen MR) is 85.3 cm³/mol. The van der Waals surface area contributed by atoms with E-state index in [1.807, 2.05) is 0 Å². The highest BCUT2D eigenvalue weighted by Crippen LogP contribution is 2.15. The summed E-state index contributed by atoms with van der Waals surface area (Å²) in [5, 5.41) is 3.59. The Labute approximate surface area is 128 Å². The highest BCUT2D eigenvalue weighted by molar-refractivity contribution is 5.22. The first kappa shape index (κ1) is 16.4. The molecule has 0 bridgehead atoms. The van der Waals surface area contributed by atoms with E-state index >= 15 is 0 Å². The lowest BCUT2D eigenvalue weighted by molar-refractivity contribution is -0.00966. The molecule has 0 saturated carbocycles. The maximum Gasteiger partial charge on any atom is 0.0713 e. The minimum absolute atomic E-state index is 0.161. The van der Waals surface area contributed by atoms with Crippen LogP contribution in [0.4, 0.5) is 0 Å². The zero-order valence-corrected chi connectivity index (χ0v) is 13.5. The molecule has 1 aliphatic heterocycles. The molecule has 1 saturated heterocycles.